The Morgan fingerprint density at radius 2 is 1.84 bits per heavy atom. The summed E-state index contributed by atoms with van der Waals surface area (Å²) < 4.78 is 0. The second-order valence-corrected chi connectivity index (χ2v) is 6.73. The molecule has 2 heterocycles. The number of amides is 2. The maximum absolute atomic E-state index is 12.6. The zero-order chi connectivity index (χ0) is 18.0. The van der Waals surface area contributed by atoms with Crippen molar-refractivity contribution in [2.45, 2.75) is 27.3 Å². The summed E-state index contributed by atoms with van der Waals surface area (Å²) >= 11 is 0. The van der Waals surface area contributed by atoms with Gasteiger partial charge < -0.3 is 9.80 Å². The highest BCUT2D eigenvalue weighted by molar-refractivity contribution is 5.97. The first-order valence-corrected chi connectivity index (χ1v) is 8.49. The van der Waals surface area contributed by atoms with Crippen LogP contribution in [0, 0.1) is 20.8 Å². The number of rotatable bonds is 3. The molecule has 130 valence electrons. The molecule has 0 bridgehead atoms. The molecule has 1 aromatic heterocycles. The molecule has 0 N–H and O–H groups in total. The van der Waals surface area contributed by atoms with Gasteiger partial charge in [-0.25, -0.2) is 0 Å². The van der Waals surface area contributed by atoms with E-state index in [0.717, 1.165) is 11.1 Å². The molecular weight excluding hydrogens is 314 g/mol. The molecule has 0 radical (unpaired) electrons. The zero-order valence-electron chi connectivity index (χ0n) is 15.0. The fourth-order valence-corrected chi connectivity index (χ4v) is 3.29. The van der Waals surface area contributed by atoms with Crippen molar-refractivity contribution in [2.75, 3.05) is 19.6 Å². The van der Waals surface area contributed by atoms with E-state index in [1.54, 1.807) is 17.3 Å². The van der Waals surface area contributed by atoms with Gasteiger partial charge in [0, 0.05) is 32.0 Å². The van der Waals surface area contributed by atoms with Crippen LogP contribution >= 0.6 is 0 Å². The Kier molecular flexibility index (Phi) is 4.83. The van der Waals surface area contributed by atoms with Crippen LogP contribution in [-0.4, -0.2) is 46.2 Å². The van der Waals surface area contributed by atoms with Crippen molar-refractivity contribution in [3.63, 3.8) is 0 Å². The second kappa shape index (κ2) is 7.05. The average Bonchev–Trinajstić information content (AvgIpc) is 2.55. The van der Waals surface area contributed by atoms with Crippen molar-refractivity contribution in [3.8, 4) is 0 Å². The van der Waals surface area contributed by atoms with Crippen LogP contribution in [0.5, 0.6) is 0 Å². The van der Waals surface area contributed by atoms with E-state index in [1.807, 2.05) is 17.9 Å². The molecule has 2 amide bonds. The van der Waals surface area contributed by atoms with Gasteiger partial charge in [-0.2, -0.15) is 0 Å². The normalized spacial score (nSPS) is 14.8. The molecule has 1 aliphatic rings. The number of aryl methyl sites for hydroxylation is 3. The number of pyridine rings is 1. The molecule has 2 aromatic rings. The van der Waals surface area contributed by atoms with Crippen molar-refractivity contribution in [1.29, 1.82) is 0 Å². The Morgan fingerprint density at radius 3 is 2.48 bits per heavy atom. The second-order valence-electron chi connectivity index (χ2n) is 6.73. The quantitative estimate of drug-likeness (QED) is 0.865. The first-order valence-electron chi connectivity index (χ1n) is 8.49. The van der Waals surface area contributed by atoms with Crippen LogP contribution in [0.25, 0.3) is 0 Å². The van der Waals surface area contributed by atoms with E-state index in [4.69, 9.17) is 0 Å². The van der Waals surface area contributed by atoms with E-state index < -0.39 is 0 Å². The molecule has 5 nitrogen and oxygen atoms in total. The molecule has 0 atom stereocenters. The van der Waals surface area contributed by atoms with Gasteiger partial charge in [0.25, 0.3) is 5.91 Å². The highest BCUT2D eigenvalue weighted by Gasteiger charge is 2.28. The lowest BCUT2D eigenvalue weighted by atomic mass is 10.1. The van der Waals surface area contributed by atoms with Crippen LogP contribution in [0.15, 0.2) is 36.7 Å². The van der Waals surface area contributed by atoms with Crippen molar-refractivity contribution >= 4 is 11.8 Å². The minimum atomic E-state index is -0.120. The zero-order valence-corrected chi connectivity index (χ0v) is 15.0. The van der Waals surface area contributed by atoms with Gasteiger partial charge in [0.05, 0.1) is 5.56 Å². The van der Waals surface area contributed by atoms with Crippen LogP contribution in [0.4, 0.5) is 0 Å². The number of piperazine rings is 1. The summed E-state index contributed by atoms with van der Waals surface area (Å²) in [5.41, 5.74) is 4.98. The fraction of sp³-hybridized carbons (Fsp3) is 0.350. The number of nitrogens with zero attached hydrogens (tertiary/aromatic N) is 3. The molecule has 1 aromatic carbocycles. The first-order chi connectivity index (χ1) is 11.9. The smallest absolute Gasteiger partial charge is 0.256 e. The van der Waals surface area contributed by atoms with E-state index in [1.165, 1.54) is 11.1 Å². The van der Waals surface area contributed by atoms with E-state index in [0.29, 0.717) is 25.2 Å². The van der Waals surface area contributed by atoms with E-state index >= 15 is 0 Å². The van der Waals surface area contributed by atoms with Crippen LogP contribution in [0.3, 0.4) is 0 Å². The van der Waals surface area contributed by atoms with Gasteiger partial charge >= 0.3 is 0 Å². The first kappa shape index (κ1) is 17.1. The Labute approximate surface area is 148 Å². The number of benzene rings is 1. The standard InChI is InChI=1S/C20H23N3O2/c1-14-8-15(2)10-17(9-14)12-22-6-7-23(13-19(22)24)20(25)18-11-21-5-4-16(18)3/h4-5,8-11H,6-7,12-13H2,1-3H3. The van der Waals surface area contributed by atoms with E-state index in [2.05, 4.69) is 37.0 Å². The maximum atomic E-state index is 12.6. The van der Waals surface area contributed by atoms with Gasteiger partial charge in [0.1, 0.15) is 6.54 Å². The predicted molar refractivity (Wildman–Crippen MR) is 96.2 cm³/mol. The SMILES string of the molecule is Cc1cc(C)cc(CN2CCN(C(=O)c3cnccc3C)CC2=O)c1. The lowest BCUT2D eigenvalue weighted by Crippen LogP contribution is -2.51. The van der Waals surface area contributed by atoms with Gasteiger partial charge in [0.15, 0.2) is 0 Å². The highest BCUT2D eigenvalue weighted by atomic mass is 16.2. The monoisotopic (exact) mass is 337 g/mol. The Balaban J connectivity index is 1.67. The number of hydrogen-bond acceptors (Lipinski definition) is 3. The molecule has 3 rings (SSSR count). The largest absolute Gasteiger partial charge is 0.335 e. The van der Waals surface area contributed by atoms with Gasteiger partial charge in [-0.05, 0) is 38.0 Å². The third kappa shape index (κ3) is 3.87. The third-order valence-corrected chi connectivity index (χ3v) is 4.53. The molecule has 1 fully saturated rings. The molecule has 5 heteroatoms. The Bertz CT molecular complexity index is 796. The summed E-state index contributed by atoms with van der Waals surface area (Å²) in [5.74, 6) is -0.134. The molecule has 1 aliphatic heterocycles. The summed E-state index contributed by atoms with van der Waals surface area (Å²) in [6, 6.07) is 8.15. The Hall–Kier alpha value is -2.69. The summed E-state index contributed by atoms with van der Waals surface area (Å²) in [7, 11) is 0. The topological polar surface area (TPSA) is 53.5 Å². The molecule has 0 unspecified atom stereocenters. The van der Waals surface area contributed by atoms with Gasteiger partial charge in [-0.15, -0.1) is 0 Å². The number of hydrogen-bond donors (Lipinski definition) is 0. The van der Waals surface area contributed by atoms with Crippen molar-refractivity contribution in [2.24, 2.45) is 0 Å². The Morgan fingerprint density at radius 1 is 1.12 bits per heavy atom. The summed E-state index contributed by atoms with van der Waals surface area (Å²) in [5, 5.41) is 0. The van der Waals surface area contributed by atoms with Crippen LogP contribution in [0.2, 0.25) is 0 Å². The van der Waals surface area contributed by atoms with Crippen molar-refractivity contribution < 1.29 is 9.59 Å². The van der Waals surface area contributed by atoms with Crippen LogP contribution < -0.4 is 0 Å². The highest BCUT2D eigenvalue weighted by Crippen LogP contribution is 2.16. The molecular formula is C20H23N3O2. The van der Waals surface area contributed by atoms with Gasteiger partial charge in [-0.1, -0.05) is 29.3 Å². The van der Waals surface area contributed by atoms with E-state index in [9.17, 15) is 9.59 Å². The molecule has 0 saturated carbocycles. The number of carbonyl (C=O) groups excluding carboxylic acids is 2. The summed E-state index contributed by atoms with van der Waals surface area (Å²) in [6.07, 6.45) is 3.24. The van der Waals surface area contributed by atoms with Crippen molar-refractivity contribution in [1.82, 2.24) is 14.8 Å². The van der Waals surface area contributed by atoms with Crippen LogP contribution in [0.1, 0.15) is 32.6 Å². The molecule has 1 saturated heterocycles. The predicted octanol–water partition coefficient (Wildman–Crippen LogP) is 2.49. The van der Waals surface area contributed by atoms with E-state index in [-0.39, 0.29) is 18.4 Å². The summed E-state index contributed by atoms with van der Waals surface area (Å²) in [4.78, 5) is 32.6. The fourth-order valence-electron chi connectivity index (χ4n) is 3.29. The lowest BCUT2D eigenvalue weighted by molar-refractivity contribution is -0.135. The maximum Gasteiger partial charge on any atom is 0.256 e. The number of carbonyl (C=O) groups is 2. The minimum Gasteiger partial charge on any atom is -0.335 e. The minimum absolute atomic E-state index is 0.0136. The third-order valence-electron chi connectivity index (χ3n) is 4.53. The summed E-state index contributed by atoms with van der Waals surface area (Å²) in [6.45, 7) is 7.82. The molecule has 0 spiro atoms. The van der Waals surface area contributed by atoms with Crippen molar-refractivity contribution in [3.05, 3.63) is 64.5 Å². The molecule has 0 aliphatic carbocycles. The molecule has 25 heavy (non-hydrogen) atoms. The lowest BCUT2D eigenvalue weighted by Gasteiger charge is -2.34. The average molecular weight is 337 g/mol. The van der Waals surface area contributed by atoms with Crippen LogP contribution in [-0.2, 0) is 11.3 Å². The van der Waals surface area contributed by atoms with Gasteiger partial charge in [-0.3, -0.25) is 14.6 Å². The number of aromatic nitrogens is 1. The van der Waals surface area contributed by atoms with Gasteiger partial charge in [0.2, 0.25) is 5.91 Å².